The fraction of sp³-hybridized carbons (Fsp3) is 0.562. The molecule has 11 heteroatoms. The zero-order valence-electron chi connectivity index (χ0n) is 14.7. The first-order valence-corrected chi connectivity index (χ1v) is 8.17. The number of likely N-dealkylation sites (tertiary alicyclic amines) is 1. The monoisotopic (exact) mass is 392 g/mol. The SMILES string of the molecule is COC(=O)C(F)(F)F.O=C(O)CC[n+]1ccc(C(=O)N2CCCCC2)cn1. The van der Waals surface area contributed by atoms with Crippen molar-refractivity contribution in [2.75, 3.05) is 20.2 Å². The maximum Gasteiger partial charge on any atom is 0.490 e. The number of aliphatic carboxylic acids is 1. The molecular formula is C16H21F3N3O5+. The lowest BCUT2D eigenvalue weighted by Crippen LogP contribution is -2.40. The number of ether oxygens (including phenoxy) is 1. The minimum atomic E-state index is -4.85. The van der Waals surface area contributed by atoms with Gasteiger partial charge in [0.15, 0.2) is 12.7 Å². The molecule has 0 bridgehead atoms. The largest absolute Gasteiger partial charge is 0.490 e. The molecule has 0 saturated carbocycles. The number of nitrogens with zero attached hydrogens (tertiary/aromatic N) is 3. The van der Waals surface area contributed by atoms with Crippen molar-refractivity contribution in [3.63, 3.8) is 0 Å². The third-order valence-corrected chi connectivity index (χ3v) is 3.63. The Labute approximate surface area is 153 Å². The molecule has 0 aromatic carbocycles. The third-order valence-electron chi connectivity index (χ3n) is 3.63. The van der Waals surface area contributed by atoms with Crippen molar-refractivity contribution in [3.8, 4) is 0 Å². The van der Waals surface area contributed by atoms with E-state index in [1.165, 1.54) is 17.3 Å². The number of hydrogen-bond acceptors (Lipinski definition) is 5. The molecule has 0 radical (unpaired) electrons. The number of alkyl halides is 3. The zero-order chi connectivity index (χ0) is 20.4. The molecule has 1 aliphatic heterocycles. The van der Waals surface area contributed by atoms with Crippen LogP contribution < -0.4 is 4.68 Å². The highest BCUT2D eigenvalue weighted by molar-refractivity contribution is 5.93. The Morgan fingerprint density at radius 2 is 1.89 bits per heavy atom. The maximum absolute atomic E-state index is 12.2. The topological polar surface area (TPSA) is 101 Å². The van der Waals surface area contributed by atoms with Crippen LogP contribution in [-0.4, -0.2) is 59.3 Å². The molecule has 0 unspecified atom stereocenters. The van der Waals surface area contributed by atoms with Gasteiger partial charge in [-0.25, -0.2) is 4.79 Å². The van der Waals surface area contributed by atoms with Gasteiger partial charge in [-0.1, -0.05) is 4.68 Å². The van der Waals surface area contributed by atoms with E-state index in [0.29, 0.717) is 19.2 Å². The summed E-state index contributed by atoms with van der Waals surface area (Å²) in [7, 11) is 0.676. The van der Waals surface area contributed by atoms with Crippen LogP contribution >= 0.6 is 0 Å². The Morgan fingerprint density at radius 1 is 1.26 bits per heavy atom. The molecule has 1 aliphatic rings. The number of esters is 1. The number of carboxylic acid groups (broad SMARTS) is 1. The first kappa shape index (κ1) is 22.3. The van der Waals surface area contributed by atoms with Gasteiger partial charge in [-0.15, -0.1) is 0 Å². The standard InChI is InChI=1S/C13H17N3O3.C3H3F3O2/c17-12(18)5-9-16-8-4-11(10-14-16)13(19)15-6-2-1-3-7-15;1-8-2(7)3(4,5)6/h4,8,10H,1-3,5-7,9H2;1H3/p+1. The summed E-state index contributed by atoms with van der Waals surface area (Å²) in [5, 5.41) is 12.7. The number of aromatic nitrogens is 2. The van der Waals surface area contributed by atoms with Gasteiger partial charge < -0.3 is 14.7 Å². The van der Waals surface area contributed by atoms with E-state index in [0.717, 1.165) is 25.9 Å². The van der Waals surface area contributed by atoms with Crippen molar-refractivity contribution < 1.29 is 42.1 Å². The molecule has 1 aromatic heterocycles. The quantitative estimate of drug-likeness (QED) is 0.610. The summed E-state index contributed by atoms with van der Waals surface area (Å²) >= 11 is 0. The van der Waals surface area contributed by atoms with Crippen molar-refractivity contribution in [3.05, 3.63) is 24.0 Å². The molecule has 1 N–H and O–H groups in total. The van der Waals surface area contributed by atoms with Crippen LogP contribution in [0.15, 0.2) is 18.5 Å². The van der Waals surface area contributed by atoms with Crippen LogP contribution in [0, 0.1) is 0 Å². The van der Waals surface area contributed by atoms with E-state index in [2.05, 4.69) is 9.84 Å². The number of carboxylic acids is 1. The molecule has 8 nitrogen and oxygen atoms in total. The predicted molar refractivity (Wildman–Crippen MR) is 84.5 cm³/mol. The molecule has 1 fully saturated rings. The molecule has 2 heterocycles. The molecule has 0 atom stereocenters. The highest BCUT2D eigenvalue weighted by Crippen LogP contribution is 2.15. The predicted octanol–water partition coefficient (Wildman–Crippen LogP) is 1.19. The Bertz CT molecular complexity index is 644. The Hall–Kier alpha value is -2.72. The minimum Gasteiger partial charge on any atom is -0.481 e. The smallest absolute Gasteiger partial charge is 0.481 e. The fourth-order valence-corrected chi connectivity index (χ4v) is 2.25. The second-order valence-electron chi connectivity index (χ2n) is 5.66. The molecule has 150 valence electrons. The van der Waals surface area contributed by atoms with Gasteiger partial charge in [0.05, 0.1) is 12.7 Å². The van der Waals surface area contributed by atoms with E-state index in [-0.39, 0.29) is 12.3 Å². The zero-order valence-corrected chi connectivity index (χ0v) is 14.7. The number of aryl methyl sites for hydroxylation is 1. The van der Waals surface area contributed by atoms with E-state index < -0.39 is 18.1 Å². The van der Waals surface area contributed by atoms with Crippen molar-refractivity contribution in [1.29, 1.82) is 0 Å². The number of methoxy groups -OCH3 is 1. The lowest BCUT2D eigenvalue weighted by molar-refractivity contribution is -0.753. The summed E-state index contributed by atoms with van der Waals surface area (Å²) in [6, 6.07) is 1.70. The van der Waals surface area contributed by atoms with E-state index in [1.54, 1.807) is 12.3 Å². The number of piperidine rings is 1. The molecular weight excluding hydrogens is 371 g/mol. The van der Waals surface area contributed by atoms with Gasteiger partial charge in [-0.2, -0.15) is 13.2 Å². The second kappa shape index (κ2) is 10.4. The van der Waals surface area contributed by atoms with Crippen LogP contribution in [0.2, 0.25) is 0 Å². The van der Waals surface area contributed by atoms with Gasteiger partial charge >= 0.3 is 18.1 Å². The van der Waals surface area contributed by atoms with Crippen LogP contribution in [0.3, 0.4) is 0 Å². The Kier molecular flexibility index (Phi) is 8.63. The van der Waals surface area contributed by atoms with Gasteiger partial charge in [0, 0.05) is 19.2 Å². The number of carbonyl (C=O) groups is 3. The van der Waals surface area contributed by atoms with Crippen molar-refractivity contribution in [2.24, 2.45) is 0 Å². The van der Waals surface area contributed by atoms with E-state index in [1.807, 2.05) is 4.90 Å². The Morgan fingerprint density at radius 3 is 2.30 bits per heavy atom. The number of hydrogen-bond donors (Lipinski definition) is 1. The number of amides is 1. The summed E-state index contributed by atoms with van der Waals surface area (Å²) in [6.45, 7) is 1.94. The summed E-state index contributed by atoms with van der Waals surface area (Å²) in [6.07, 6.45) is 1.64. The van der Waals surface area contributed by atoms with Crippen molar-refractivity contribution in [2.45, 2.75) is 38.4 Å². The minimum absolute atomic E-state index is 0.0117. The number of rotatable bonds is 4. The molecule has 1 saturated heterocycles. The first-order valence-electron chi connectivity index (χ1n) is 8.17. The normalized spacial score (nSPS) is 14.0. The van der Waals surface area contributed by atoms with Crippen LogP contribution in [0.1, 0.15) is 36.0 Å². The van der Waals surface area contributed by atoms with Crippen LogP contribution in [-0.2, 0) is 20.9 Å². The first-order chi connectivity index (χ1) is 12.6. The van der Waals surface area contributed by atoms with Crippen LogP contribution in [0.25, 0.3) is 0 Å². The molecule has 1 aromatic rings. The molecule has 2 rings (SSSR count). The molecule has 27 heavy (non-hydrogen) atoms. The van der Waals surface area contributed by atoms with Crippen molar-refractivity contribution >= 4 is 17.8 Å². The number of halogens is 3. The van der Waals surface area contributed by atoms with Crippen LogP contribution in [0.4, 0.5) is 13.2 Å². The number of carbonyl (C=O) groups excluding carboxylic acids is 2. The highest BCUT2D eigenvalue weighted by atomic mass is 19.4. The maximum atomic E-state index is 12.2. The average Bonchev–Trinajstić information content (AvgIpc) is 2.66. The van der Waals surface area contributed by atoms with E-state index in [9.17, 15) is 27.6 Å². The van der Waals surface area contributed by atoms with E-state index in [4.69, 9.17) is 5.11 Å². The van der Waals surface area contributed by atoms with Crippen LogP contribution in [0.5, 0.6) is 0 Å². The van der Waals surface area contributed by atoms with Gasteiger partial charge in [-0.05, 0) is 24.4 Å². The Balaban J connectivity index is 0.000000387. The highest BCUT2D eigenvalue weighted by Gasteiger charge is 2.40. The summed E-state index contributed by atoms with van der Waals surface area (Å²) < 4.78 is 37.8. The lowest BCUT2D eigenvalue weighted by atomic mass is 10.1. The lowest BCUT2D eigenvalue weighted by Gasteiger charge is -2.26. The second-order valence-corrected chi connectivity index (χ2v) is 5.66. The fourth-order valence-electron chi connectivity index (χ4n) is 2.25. The van der Waals surface area contributed by atoms with Gasteiger partial charge in [0.25, 0.3) is 5.91 Å². The summed E-state index contributed by atoms with van der Waals surface area (Å²) in [5.41, 5.74) is 0.563. The molecule has 0 aliphatic carbocycles. The third kappa shape index (κ3) is 8.01. The molecule has 1 amide bonds. The van der Waals surface area contributed by atoms with Gasteiger partial charge in [0.1, 0.15) is 12.6 Å². The summed E-state index contributed by atoms with van der Waals surface area (Å²) in [4.78, 5) is 33.9. The summed E-state index contributed by atoms with van der Waals surface area (Å²) in [5.74, 6) is -3.02. The van der Waals surface area contributed by atoms with Gasteiger partial charge in [0.2, 0.25) is 0 Å². The molecule has 0 spiro atoms. The average molecular weight is 392 g/mol. The van der Waals surface area contributed by atoms with Crippen molar-refractivity contribution in [1.82, 2.24) is 10.00 Å². The van der Waals surface area contributed by atoms with E-state index >= 15 is 0 Å². The van der Waals surface area contributed by atoms with Gasteiger partial charge in [-0.3, -0.25) is 9.59 Å².